The van der Waals surface area contributed by atoms with Crippen molar-refractivity contribution in [3.63, 3.8) is 0 Å². The summed E-state index contributed by atoms with van der Waals surface area (Å²) >= 11 is 5.88. The number of alkyl halides is 1. The van der Waals surface area contributed by atoms with Crippen LogP contribution < -0.4 is 4.74 Å². The minimum atomic E-state index is 0.441. The van der Waals surface area contributed by atoms with Gasteiger partial charge in [-0.15, -0.1) is 11.6 Å². The summed E-state index contributed by atoms with van der Waals surface area (Å²) in [5.41, 5.74) is 2.82. The molecule has 2 nitrogen and oxygen atoms in total. The first-order chi connectivity index (χ1) is 7.76. The summed E-state index contributed by atoms with van der Waals surface area (Å²) in [6, 6.07) is 6.82. The lowest BCUT2D eigenvalue weighted by Gasteiger charge is -2.34. The SMILES string of the molecule is COc1ccc2c(c1)C(CCCl)N(C)CC2. The number of nitrogens with zero attached hydrogens (tertiary/aromatic N) is 1. The Morgan fingerprint density at radius 3 is 3.00 bits per heavy atom. The first-order valence-electron chi connectivity index (χ1n) is 5.69. The number of hydrogen-bond donors (Lipinski definition) is 0. The molecule has 0 aliphatic carbocycles. The monoisotopic (exact) mass is 239 g/mol. The Kier molecular flexibility index (Phi) is 3.72. The lowest BCUT2D eigenvalue weighted by molar-refractivity contribution is 0.225. The largest absolute Gasteiger partial charge is 0.497 e. The molecule has 1 aliphatic heterocycles. The minimum Gasteiger partial charge on any atom is -0.497 e. The van der Waals surface area contributed by atoms with Crippen LogP contribution in [-0.4, -0.2) is 31.5 Å². The van der Waals surface area contributed by atoms with E-state index in [0.29, 0.717) is 11.9 Å². The standard InChI is InChI=1S/C13H18ClNO/c1-15-8-6-10-3-4-11(16-2)9-12(10)13(15)5-7-14/h3-4,9,13H,5-8H2,1-2H3. The van der Waals surface area contributed by atoms with Crippen LogP contribution in [0.3, 0.4) is 0 Å². The first-order valence-corrected chi connectivity index (χ1v) is 6.22. The summed E-state index contributed by atoms with van der Waals surface area (Å²) in [7, 11) is 3.88. The molecule has 1 aromatic rings. The van der Waals surface area contributed by atoms with Gasteiger partial charge in [-0.25, -0.2) is 0 Å². The van der Waals surface area contributed by atoms with Crippen molar-refractivity contribution in [1.82, 2.24) is 4.90 Å². The van der Waals surface area contributed by atoms with Gasteiger partial charge in [-0.05, 0) is 43.1 Å². The van der Waals surface area contributed by atoms with E-state index in [2.05, 4.69) is 24.1 Å². The Morgan fingerprint density at radius 1 is 1.50 bits per heavy atom. The number of benzene rings is 1. The van der Waals surface area contributed by atoms with Crippen LogP contribution in [0.4, 0.5) is 0 Å². The van der Waals surface area contributed by atoms with Crippen LogP contribution in [0.15, 0.2) is 18.2 Å². The van der Waals surface area contributed by atoms with Gasteiger partial charge in [0.15, 0.2) is 0 Å². The molecule has 2 rings (SSSR count). The van der Waals surface area contributed by atoms with Crippen molar-refractivity contribution in [2.24, 2.45) is 0 Å². The number of fused-ring (bicyclic) bond motifs is 1. The maximum absolute atomic E-state index is 5.88. The van der Waals surface area contributed by atoms with Crippen molar-refractivity contribution in [3.05, 3.63) is 29.3 Å². The molecule has 1 heterocycles. The topological polar surface area (TPSA) is 12.5 Å². The zero-order chi connectivity index (χ0) is 11.5. The number of likely N-dealkylation sites (N-methyl/N-ethyl adjacent to an activating group) is 1. The lowest BCUT2D eigenvalue weighted by Crippen LogP contribution is -2.32. The summed E-state index contributed by atoms with van der Waals surface area (Å²) in [4.78, 5) is 2.38. The average Bonchev–Trinajstić information content (AvgIpc) is 2.32. The van der Waals surface area contributed by atoms with Gasteiger partial charge in [-0.1, -0.05) is 6.07 Å². The highest BCUT2D eigenvalue weighted by atomic mass is 35.5. The molecule has 1 aliphatic rings. The molecule has 1 aromatic carbocycles. The van der Waals surface area contributed by atoms with Gasteiger partial charge in [0.05, 0.1) is 7.11 Å². The Hall–Kier alpha value is -0.730. The molecule has 0 amide bonds. The summed E-state index contributed by atoms with van der Waals surface area (Å²) in [6.07, 6.45) is 2.12. The van der Waals surface area contributed by atoms with Crippen LogP contribution in [0.2, 0.25) is 0 Å². The Morgan fingerprint density at radius 2 is 2.31 bits per heavy atom. The quantitative estimate of drug-likeness (QED) is 0.753. The van der Waals surface area contributed by atoms with Gasteiger partial charge in [0, 0.05) is 18.5 Å². The molecule has 0 N–H and O–H groups in total. The van der Waals surface area contributed by atoms with Gasteiger partial charge >= 0.3 is 0 Å². The Balaban J connectivity index is 2.35. The van der Waals surface area contributed by atoms with Crippen molar-refractivity contribution in [2.45, 2.75) is 18.9 Å². The van der Waals surface area contributed by atoms with E-state index in [1.54, 1.807) is 7.11 Å². The summed E-state index contributed by atoms with van der Waals surface area (Å²) in [5, 5.41) is 0. The molecule has 0 saturated heterocycles. The highest BCUT2D eigenvalue weighted by molar-refractivity contribution is 6.17. The van der Waals surface area contributed by atoms with Gasteiger partial charge < -0.3 is 4.74 Å². The molecule has 0 radical (unpaired) electrons. The molecule has 0 aromatic heterocycles. The van der Waals surface area contributed by atoms with Crippen molar-refractivity contribution in [2.75, 3.05) is 26.6 Å². The fourth-order valence-corrected chi connectivity index (χ4v) is 2.61. The number of ether oxygens (including phenoxy) is 1. The summed E-state index contributed by atoms with van der Waals surface area (Å²) < 4.78 is 5.29. The van der Waals surface area contributed by atoms with Gasteiger partial charge in [0.2, 0.25) is 0 Å². The third-order valence-corrected chi connectivity index (χ3v) is 3.58. The molecule has 1 atom stereocenters. The maximum Gasteiger partial charge on any atom is 0.119 e. The Bertz CT molecular complexity index is 367. The van der Waals surface area contributed by atoms with Crippen molar-refractivity contribution >= 4 is 11.6 Å². The van der Waals surface area contributed by atoms with E-state index in [-0.39, 0.29) is 0 Å². The second-order valence-electron chi connectivity index (χ2n) is 4.29. The predicted molar refractivity (Wildman–Crippen MR) is 67.4 cm³/mol. The zero-order valence-electron chi connectivity index (χ0n) is 9.87. The summed E-state index contributed by atoms with van der Waals surface area (Å²) in [5.74, 6) is 1.64. The van der Waals surface area contributed by atoms with Crippen molar-refractivity contribution < 1.29 is 4.74 Å². The molecular weight excluding hydrogens is 222 g/mol. The molecule has 0 spiro atoms. The fourth-order valence-electron chi connectivity index (χ4n) is 2.41. The smallest absolute Gasteiger partial charge is 0.119 e. The van der Waals surface area contributed by atoms with E-state index in [1.807, 2.05) is 6.07 Å². The molecule has 1 unspecified atom stereocenters. The maximum atomic E-state index is 5.88. The van der Waals surface area contributed by atoms with Gasteiger partial charge in [0.1, 0.15) is 5.75 Å². The van der Waals surface area contributed by atoms with Crippen molar-refractivity contribution in [3.8, 4) is 5.75 Å². The summed E-state index contributed by atoms with van der Waals surface area (Å²) in [6.45, 7) is 1.11. The molecule has 88 valence electrons. The van der Waals surface area contributed by atoms with Crippen LogP contribution in [0.5, 0.6) is 5.75 Å². The van der Waals surface area contributed by atoms with Gasteiger partial charge in [0.25, 0.3) is 0 Å². The second-order valence-corrected chi connectivity index (χ2v) is 4.67. The van der Waals surface area contributed by atoms with E-state index in [9.17, 15) is 0 Å². The highest BCUT2D eigenvalue weighted by Gasteiger charge is 2.24. The Labute approximate surface area is 102 Å². The van der Waals surface area contributed by atoms with E-state index in [1.165, 1.54) is 11.1 Å². The van der Waals surface area contributed by atoms with Crippen LogP contribution in [0.1, 0.15) is 23.6 Å². The molecule has 16 heavy (non-hydrogen) atoms. The zero-order valence-corrected chi connectivity index (χ0v) is 10.6. The van der Waals surface area contributed by atoms with Crippen molar-refractivity contribution in [1.29, 1.82) is 0 Å². The first kappa shape index (κ1) is 11.7. The van der Waals surface area contributed by atoms with Gasteiger partial charge in [-0.2, -0.15) is 0 Å². The van der Waals surface area contributed by atoms with Crippen LogP contribution in [0, 0.1) is 0 Å². The minimum absolute atomic E-state index is 0.441. The number of halogens is 1. The van der Waals surface area contributed by atoms with E-state index >= 15 is 0 Å². The lowest BCUT2D eigenvalue weighted by atomic mass is 9.91. The molecule has 3 heteroatoms. The van der Waals surface area contributed by atoms with E-state index < -0.39 is 0 Å². The average molecular weight is 240 g/mol. The fraction of sp³-hybridized carbons (Fsp3) is 0.538. The molecule has 0 fully saturated rings. The second kappa shape index (κ2) is 5.07. The number of rotatable bonds is 3. The molecule has 0 saturated carbocycles. The number of methoxy groups -OCH3 is 1. The molecule has 0 bridgehead atoms. The van der Waals surface area contributed by atoms with Crippen LogP contribution >= 0.6 is 11.6 Å². The normalized spacial score (nSPS) is 20.6. The third-order valence-electron chi connectivity index (χ3n) is 3.36. The van der Waals surface area contributed by atoms with Gasteiger partial charge in [-0.3, -0.25) is 4.90 Å². The third kappa shape index (κ3) is 2.18. The van der Waals surface area contributed by atoms with Crippen LogP contribution in [-0.2, 0) is 6.42 Å². The van der Waals surface area contributed by atoms with Crippen LogP contribution in [0.25, 0.3) is 0 Å². The highest BCUT2D eigenvalue weighted by Crippen LogP contribution is 2.33. The van der Waals surface area contributed by atoms with E-state index in [4.69, 9.17) is 16.3 Å². The van der Waals surface area contributed by atoms with E-state index in [0.717, 1.165) is 25.1 Å². The predicted octanol–water partition coefficient (Wildman–Crippen LogP) is 2.85. The number of hydrogen-bond acceptors (Lipinski definition) is 2. The molecular formula is C13H18ClNO.